The highest BCUT2D eigenvalue weighted by atomic mass is 35.5. The monoisotopic (exact) mass is 481 g/mol. The number of aromatic nitrogens is 1. The number of carbonyl (C=O) groups excluding carboxylic acids is 1. The van der Waals surface area contributed by atoms with Gasteiger partial charge in [-0.2, -0.15) is 0 Å². The lowest BCUT2D eigenvalue weighted by molar-refractivity contribution is -0.116. The molecular weight excluding hydrogens is 454 g/mol. The molecule has 31 heavy (non-hydrogen) atoms. The van der Waals surface area contributed by atoms with Crippen molar-refractivity contribution >= 4 is 54.8 Å². The molecule has 1 amide bonds. The van der Waals surface area contributed by atoms with E-state index in [-0.39, 0.29) is 17.3 Å². The van der Waals surface area contributed by atoms with Gasteiger partial charge in [-0.15, -0.1) is 12.4 Å². The zero-order valence-corrected chi connectivity index (χ0v) is 20.8. The minimum atomic E-state index is -3.74. The summed E-state index contributed by atoms with van der Waals surface area (Å²) in [6.45, 7) is 6.89. The molecule has 0 aliphatic heterocycles. The van der Waals surface area contributed by atoms with Crippen molar-refractivity contribution in [2.24, 2.45) is 0 Å². The van der Waals surface area contributed by atoms with E-state index in [9.17, 15) is 13.2 Å². The molecule has 3 rings (SSSR count). The number of amides is 1. The van der Waals surface area contributed by atoms with Crippen LogP contribution in [0.2, 0.25) is 0 Å². The molecule has 0 spiro atoms. The average Bonchev–Trinajstić information content (AvgIpc) is 3.05. The number of likely N-dealkylation sites (N-methyl/N-ethyl adjacent to an activating group) is 1. The number of hydrogen-bond acceptors (Lipinski definition) is 6. The van der Waals surface area contributed by atoms with Crippen molar-refractivity contribution in [3.8, 4) is 0 Å². The third-order valence-electron chi connectivity index (χ3n) is 4.81. The van der Waals surface area contributed by atoms with Crippen LogP contribution in [0, 0.1) is 20.8 Å². The fourth-order valence-electron chi connectivity index (χ4n) is 3.18. The first-order valence-electron chi connectivity index (χ1n) is 9.69. The largest absolute Gasteiger partial charge is 0.308 e. The van der Waals surface area contributed by atoms with Crippen LogP contribution in [0.1, 0.15) is 16.7 Å². The Labute approximate surface area is 194 Å². The topological polar surface area (TPSA) is 70.6 Å². The zero-order valence-electron chi connectivity index (χ0n) is 18.4. The van der Waals surface area contributed by atoms with Gasteiger partial charge in [-0.3, -0.25) is 9.69 Å². The second-order valence-corrected chi connectivity index (χ2v) is 10.8. The molecule has 0 radical (unpaired) electrons. The van der Waals surface area contributed by atoms with E-state index in [1.807, 2.05) is 45.8 Å². The Hall–Kier alpha value is -2.00. The Balaban J connectivity index is 0.00000341. The summed E-state index contributed by atoms with van der Waals surface area (Å²) in [7, 11) is 0.0877. The molecule has 0 saturated heterocycles. The lowest BCUT2D eigenvalue weighted by Gasteiger charge is -2.22. The molecule has 2 aromatic carbocycles. The van der Waals surface area contributed by atoms with Crippen LogP contribution >= 0.6 is 23.7 Å². The van der Waals surface area contributed by atoms with Crippen LogP contribution in [0.4, 0.5) is 5.13 Å². The number of anilines is 1. The fourth-order valence-corrected chi connectivity index (χ4v) is 5.43. The number of halogens is 1. The van der Waals surface area contributed by atoms with Crippen LogP contribution in [0.25, 0.3) is 10.2 Å². The zero-order chi connectivity index (χ0) is 22.1. The van der Waals surface area contributed by atoms with E-state index in [2.05, 4.69) is 11.1 Å². The molecule has 1 heterocycles. The molecule has 0 aliphatic carbocycles. The van der Waals surface area contributed by atoms with Crippen LogP contribution in [-0.4, -0.2) is 57.1 Å². The normalized spacial score (nSPS) is 11.5. The van der Waals surface area contributed by atoms with Gasteiger partial charge in [0, 0.05) is 13.1 Å². The van der Waals surface area contributed by atoms with E-state index in [0.717, 1.165) is 26.9 Å². The van der Waals surface area contributed by atoms with Crippen molar-refractivity contribution in [3.05, 3.63) is 53.1 Å². The summed E-state index contributed by atoms with van der Waals surface area (Å²) < 4.78 is 26.7. The van der Waals surface area contributed by atoms with Crippen molar-refractivity contribution in [1.29, 1.82) is 0 Å². The number of fused-ring (bicyclic) bond motifs is 1. The van der Waals surface area contributed by atoms with Crippen LogP contribution in [0.3, 0.4) is 0 Å². The van der Waals surface area contributed by atoms with Gasteiger partial charge in [-0.1, -0.05) is 35.1 Å². The molecule has 0 N–H and O–H groups in total. The summed E-state index contributed by atoms with van der Waals surface area (Å²) in [5.41, 5.74) is 4.00. The van der Waals surface area contributed by atoms with Gasteiger partial charge < -0.3 is 4.90 Å². The molecule has 6 nitrogen and oxygen atoms in total. The molecule has 0 fully saturated rings. The van der Waals surface area contributed by atoms with Crippen molar-refractivity contribution in [1.82, 2.24) is 9.88 Å². The van der Waals surface area contributed by atoms with Crippen LogP contribution in [0.5, 0.6) is 0 Å². The lowest BCUT2D eigenvalue weighted by atomic mass is 10.1. The second-order valence-electron chi connectivity index (χ2n) is 7.85. The lowest BCUT2D eigenvalue weighted by Crippen LogP contribution is -2.40. The van der Waals surface area contributed by atoms with E-state index in [0.29, 0.717) is 18.2 Å². The summed E-state index contributed by atoms with van der Waals surface area (Å²) >= 11 is 1.43. The van der Waals surface area contributed by atoms with E-state index in [1.165, 1.54) is 16.2 Å². The number of rotatable bonds is 7. The third kappa shape index (κ3) is 6.04. The first-order chi connectivity index (χ1) is 14.1. The predicted octanol–water partition coefficient (Wildman–Crippen LogP) is 4.01. The van der Waals surface area contributed by atoms with E-state index < -0.39 is 21.5 Å². The molecule has 0 atom stereocenters. The molecule has 0 unspecified atom stereocenters. The minimum absolute atomic E-state index is 0. The van der Waals surface area contributed by atoms with Gasteiger partial charge in [0.15, 0.2) is 15.0 Å². The van der Waals surface area contributed by atoms with Gasteiger partial charge in [0.25, 0.3) is 0 Å². The smallest absolute Gasteiger partial charge is 0.244 e. The molecule has 3 aromatic rings. The van der Waals surface area contributed by atoms with Crippen molar-refractivity contribution < 1.29 is 13.2 Å². The van der Waals surface area contributed by atoms with Gasteiger partial charge in [-0.25, -0.2) is 13.4 Å². The molecule has 168 valence electrons. The van der Waals surface area contributed by atoms with Crippen molar-refractivity contribution in [2.45, 2.75) is 25.7 Å². The summed E-state index contributed by atoms with van der Waals surface area (Å²) in [5.74, 6) is -1.05. The summed E-state index contributed by atoms with van der Waals surface area (Å²) in [6.07, 6.45) is 0. The Morgan fingerprint density at radius 1 is 1.00 bits per heavy atom. The number of nitrogens with zero attached hydrogens (tertiary/aromatic N) is 3. The highest BCUT2D eigenvalue weighted by Crippen LogP contribution is 2.32. The molecule has 0 bridgehead atoms. The fraction of sp³-hybridized carbons (Fsp3) is 0.364. The first kappa shape index (κ1) is 25.3. The van der Waals surface area contributed by atoms with Crippen molar-refractivity contribution in [2.75, 3.05) is 37.8 Å². The maximum absolute atomic E-state index is 13.1. The number of thiazole rings is 1. The summed E-state index contributed by atoms with van der Waals surface area (Å²) in [5, 5.41) is 0.532. The number of aryl methyl sites for hydroxylation is 3. The average molecular weight is 482 g/mol. The number of hydrogen-bond donors (Lipinski definition) is 0. The standard InChI is InChI=1S/C22H27N3O3S2.ClH/c1-15-6-8-18(9-7-15)30(27,28)14-20(26)25(11-10-24(4)5)22-23-19-13-16(2)12-17(3)21(19)29-22;/h6-9,12-13H,10-11,14H2,1-5H3;1H. The van der Waals surface area contributed by atoms with Gasteiger partial charge in [0.05, 0.1) is 15.1 Å². The third-order valence-corrected chi connectivity index (χ3v) is 7.65. The minimum Gasteiger partial charge on any atom is -0.308 e. The van der Waals surface area contributed by atoms with E-state index in [1.54, 1.807) is 24.3 Å². The highest BCUT2D eigenvalue weighted by molar-refractivity contribution is 7.92. The Morgan fingerprint density at radius 3 is 2.26 bits per heavy atom. The van der Waals surface area contributed by atoms with Gasteiger partial charge in [-0.05, 0) is 64.2 Å². The van der Waals surface area contributed by atoms with Crippen LogP contribution in [0.15, 0.2) is 41.3 Å². The van der Waals surface area contributed by atoms with Gasteiger partial charge >= 0.3 is 0 Å². The molecule has 9 heteroatoms. The summed E-state index contributed by atoms with van der Waals surface area (Å²) in [4.78, 5) is 21.4. The van der Waals surface area contributed by atoms with E-state index >= 15 is 0 Å². The molecule has 0 aliphatic rings. The predicted molar refractivity (Wildman–Crippen MR) is 130 cm³/mol. The van der Waals surface area contributed by atoms with E-state index in [4.69, 9.17) is 0 Å². The molecular formula is C22H28ClN3O3S2. The van der Waals surface area contributed by atoms with Crippen molar-refractivity contribution in [3.63, 3.8) is 0 Å². The Bertz CT molecular complexity index is 1170. The summed E-state index contributed by atoms with van der Waals surface area (Å²) in [6, 6.07) is 10.6. The van der Waals surface area contributed by atoms with Gasteiger partial charge in [0.2, 0.25) is 5.91 Å². The van der Waals surface area contributed by atoms with Crippen LogP contribution < -0.4 is 4.90 Å². The first-order valence-corrected chi connectivity index (χ1v) is 12.2. The second kappa shape index (κ2) is 10.1. The molecule has 0 saturated carbocycles. The number of benzene rings is 2. The molecule has 1 aromatic heterocycles. The maximum atomic E-state index is 13.1. The quantitative estimate of drug-likeness (QED) is 0.510. The van der Waals surface area contributed by atoms with Crippen LogP contribution in [-0.2, 0) is 14.6 Å². The maximum Gasteiger partial charge on any atom is 0.244 e. The highest BCUT2D eigenvalue weighted by Gasteiger charge is 2.26. The Morgan fingerprint density at radius 2 is 1.65 bits per heavy atom. The number of sulfone groups is 1. The SMILES string of the molecule is Cc1ccc(S(=O)(=O)CC(=O)N(CCN(C)C)c2nc3cc(C)cc(C)c3s2)cc1.Cl. The number of carbonyl (C=O) groups is 1. The Kier molecular flexibility index (Phi) is 8.21. The van der Waals surface area contributed by atoms with Gasteiger partial charge in [0.1, 0.15) is 5.75 Å².